The van der Waals surface area contributed by atoms with Crippen molar-refractivity contribution >= 4 is 34.9 Å². The third kappa shape index (κ3) is 4.80. The smallest absolute Gasteiger partial charge is 0.311 e. The van der Waals surface area contributed by atoms with Gasteiger partial charge in [0.2, 0.25) is 0 Å². The molecule has 136 valence electrons. The number of hydrogen-bond donors (Lipinski definition) is 3. The first-order valence-corrected chi connectivity index (χ1v) is 7.65. The second kappa shape index (κ2) is 8.62. The quantitative estimate of drug-likeness (QED) is 0.305. The summed E-state index contributed by atoms with van der Waals surface area (Å²) in [5.41, 5.74) is 3.28. The Labute approximate surface area is 154 Å². The monoisotopic (exact) mass is 376 g/mol. The fraction of sp³-hybridized carbons (Fsp3) is 0.125. The lowest BCUT2D eigenvalue weighted by Gasteiger charge is -2.11. The van der Waals surface area contributed by atoms with Crippen LogP contribution in [0.2, 0.25) is 0 Å². The van der Waals surface area contributed by atoms with E-state index in [1.807, 2.05) is 0 Å². The molecule has 0 aliphatic rings. The summed E-state index contributed by atoms with van der Waals surface area (Å²) in [5, 5.41) is 27.2. The number of anilines is 1. The topological polar surface area (TPSA) is 118 Å². The third-order valence-electron chi connectivity index (χ3n) is 3.22. The molecule has 10 heteroatoms. The maximum Gasteiger partial charge on any atom is 0.311 e. The number of rotatable bonds is 6. The van der Waals surface area contributed by atoms with Crippen LogP contribution in [0.1, 0.15) is 5.56 Å². The van der Waals surface area contributed by atoms with E-state index in [1.165, 1.54) is 31.5 Å². The Bertz CT molecular complexity index is 857. The van der Waals surface area contributed by atoms with Gasteiger partial charge in [-0.2, -0.15) is 5.10 Å². The summed E-state index contributed by atoms with van der Waals surface area (Å²) >= 11 is 5.12. The van der Waals surface area contributed by atoms with Crippen molar-refractivity contribution in [1.29, 1.82) is 0 Å². The summed E-state index contributed by atoms with van der Waals surface area (Å²) < 4.78 is 10.4. The number of hydrazone groups is 1. The molecule has 0 radical (unpaired) electrons. The predicted molar refractivity (Wildman–Crippen MR) is 101 cm³/mol. The molecule has 0 aliphatic carbocycles. The number of thiocarbonyl (C=S) groups is 1. The summed E-state index contributed by atoms with van der Waals surface area (Å²) in [4.78, 5) is 10.1. The SMILES string of the molecule is COc1ccc(NC(=S)N/N=C/c2ccc(O)c([N+](=O)[O-])c2)cc1OC. The van der Waals surface area contributed by atoms with Gasteiger partial charge in [0.05, 0.1) is 25.4 Å². The largest absolute Gasteiger partial charge is 0.502 e. The maximum absolute atomic E-state index is 10.8. The molecule has 3 N–H and O–H groups in total. The van der Waals surface area contributed by atoms with Gasteiger partial charge in [-0.15, -0.1) is 0 Å². The minimum absolute atomic E-state index is 0.210. The summed E-state index contributed by atoms with van der Waals surface area (Å²) in [5.74, 6) is 0.717. The van der Waals surface area contributed by atoms with Gasteiger partial charge in [0.15, 0.2) is 22.4 Å². The number of phenolic OH excluding ortho intramolecular Hbond substituents is 1. The molecule has 2 rings (SSSR count). The highest BCUT2D eigenvalue weighted by molar-refractivity contribution is 7.80. The molecular weight excluding hydrogens is 360 g/mol. The average Bonchev–Trinajstić information content (AvgIpc) is 2.62. The molecule has 0 spiro atoms. The number of nitro groups is 1. The van der Waals surface area contributed by atoms with E-state index in [-0.39, 0.29) is 5.11 Å². The van der Waals surface area contributed by atoms with Crippen LogP contribution >= 0.6 is 12.2 Å². The summed E-state index contributed by atoms with van der Waals surface area (Å²) in [6, 6.07) is 9.09. The van der Waals surface area contributed by atoms with Gasteiger partial charge in [-0.25, -0.2) is 0 Å². The van der Waals surface area contributed by atoms with E-state index in [4.69, 9.17) is 21.7 Å². The van der Waals surface area contributed by atoms with Crippen LogP contribution in [0.4, 0.5) is 11.4 Å². The number of aromatic hydroxyl groups is 1. The van der Waals surface area contributed by atoms with E-state index in [2.05, 4.69) is 15.8 Å². The highest BCUT2D eigenvalue weighted by atomic mass is 32.1. The molecule has 0 saturated carbocycles. The van der Waals surface area contributed by atoms with Crippen LogP contribution in [-0.2, 0) is 0 Å². The van der Waals surface area contributed by atoms with E-state index in [9.17, 15) is 15.2 Å². The molecule has 0 unspecified atom stereocenters. The van der Waals surface area contributed by atoms with Gasteiger partial charge in [0.25, 0.3) is 0 Å². The van der Waals surface area contributed by atoms with Crippen molar-refractivity contribution < 1.29 is 19.5 Å². The van der Waals surface area contributed by atoms with E-state index in [0.29, 0.717) is 22.7 Å². The zero-order valence-corrected chi connectivity index (χ0v) is 14.7. The van der Waals surface area contributed by atoms with Crippen LogP contribution in [0.3, 0.4) is 0 Å². The number of methoxy groups -OCH3 is 2. The summed E-state index contributed by atoms with van der Waals surface area (Å²) in [6.45, 7) is 0. The minimum Gasteiger partial charge on any atom is -0.502 e. The number of phenols is 1. The van der Waals surface area contributed by atoms with Gasteiger partial charge in [-0.1, -0.05) is 0 Å². The minimum atomic E-state index is -0.677. The lowest BCUT2D eigenvalue weighted by Crippen LogP contribution is -2.23. The molecule has 0 bridgehead atoms. The molecule has 0 amide bonds. The fourth-order valence-corrected chi connectivity index (χ4v) is 2.18. The van der Waals surface area contributed by atoms with Crippen molar-refractivity contribution in [3.8, 4) is 17.2 Å². The molecular formula is C16H16N4O5S. The molecule has 0 aliphatic heterocycles. The first-order valence-electron chi connectivity index (χ1n) is 7.24. The molecule has 0 atom stereocenters. The van der Waals surface area contributed by atoms with Crippen LogP contribution < -0.4 is 20.2 Å². The molecule has 0 fully saturated rings. The molecule has 0 aromatic heterocycles. The van der Waals surface area contributed by atoms with Crippen molar-refractivity contribution in [3.05, 3.63) is 52.1 Å². The average molecular weight is 376 g/mol. The maximum atomic E-state index is 10.8. The van der Waals surface area contributed by atoms with Crippen molar-refractivity contribution in [2.75, 3.05) is 19.5 Å². The zero-order valence-electron chi connectivity index (χ0n) is 13.9. The number of nitro benzene ring substituents is 1. The number of benzene rings is 2. The van der Waals surface area contributed by atoms with Gasteiger partial charge in [0, 0.05) is 23.4 Å². The van der Waals surface area contributed by atoms with Crippen LogP contribution in [-0.4, -0.2) is 35.6 Å². The fourth-order valence-electron chi connectivity index (χ4n) is 2.01. The van der Waals surface area contributed by atoms with E-state index in [1.54, 1.807) is 25.3 Å². The summed E-state index contributed by atoms with van der Waals surface area (Å²) in [7, 11) is 3.07. The zero-order chi connectivity index (χ0) is 19.1. The Balaban J connectivity index is 1.99. The normalized spacial score (nSPS) is 10.4. The number of nitrogens with zero attached hydrogens (tertiary/aromatic N) is 2. The Hall–Kier alpha value is -3.40. The Kier molecular flexibility index (Phi) is 6.28. The van der Waals surface area contributed by atoms with Gasteiger partial charge in [0.1, 0.15) is 0 Å². The van der Waals surface area contributed by atoms with Crippen LogP contribution in [0.5, 0.6) is 17.2 Å². The first-order chi connectivity index (χ1) is 12.4. The number of hydrogen-bond acceptors (Lipinski definition) is 7. The first kappa shape index (κ1) is 18.9. The van der Waals surface area contributed by atoms with Crippen molar-refractivity contribution in [2.45, 2.75) is 0 Å². The molecule has 0 heterocycles. The van der Waals surface area contributed by atoms with E-state index in [0.717, 1.165) is 0 Å². The van der Waals surface area contributed by atoms with Gasteiger partial charge in [-0.05, 0) is 36.5 Å². The van der Waals surface area contributed by atoms with Crippen molar-refractivity contribution in [3.63, 3.8) is 0 Å². The highest BCUT2D eigenvalue weighted by Crippen LogP contribution is 2.29. The third-order valence-corrected chi connectivity index (χ3v) is 3.41. The molecule has 26 heavy (non-hydrogen) atoms. The molecule has 2 aromatic rings. The lowest BCUT2D eigenvalue weighted by molar-refractivity contribution is -0.385. The molecule has 9 nitrogen and oxygen atoms in total. The molecule has 0 saturated heterocycles. The predicted octanol–water partition coefficient (Wildman–Crippen LogP) is 2.64. The van der Waals surface area contributed by atoms with Gasteiger partial charge in [-0.3, -0.25) is 15.5 Å². The van der Waals surface area contributed by atoms with E-state index < -0.39 is 16.4 Å². The van der Waals surface area contributed by atoms with Crippen LogP contribution in [0.25, 0.3) is 0 Å². The van der Waals surface area contributed by atoms with Crippen molar-refractivity contribution in [1.82, 2.24) is 5.43 Å². The highest BCUT2D eigenvalue weighted by Gasteiger charge is 2.12. The van der Waals surface area contributed by atoms with E-state index >= 15 is 0 Å². The second-order valence-electron chi connectivity index (χ2n) is 4.90. The van der Waals surface area contributed by atoms with Crippen molar-refractivity contribution in [2.24, 2.45) is 5.10 Å². The van der Waals surface area contributed by atoms with Crippen LogP contribution in [0, 0.1) is 10.1 Å². The number of ether oxygens (including phenoxy) is 2. The molecule has 2 aromatic carbocycles. The van der Waals surface area contributed by atoms with Gasteiger partial charge < -0.3 is 19.9 Å². The Morgan fingerprint density at radius 2 is 1.96 bits per heavy atom. The van der Waals surface area contributed by atoms with Crippen LogP contribution in [0.15, 0.2) is 41.5 Å². The second-order valence-corrected chi connectivity index (χ2v) is 5.31. The number of nitrogens with one attached hydrogen (secondary N) is 2. The summed E-state index contributed by atoms with van der Waals surface area (Å²) in [6.07, 6.45) is 1.34. The lowest BCUT2D eigenvalue weighted by atomic mass is 10.2. The van der Waals surface area contributed by atoms with Gasteiger partial charge >= 0.3 is 5.69 Å². The Morgan fingerprint density at radius 1 is 1.23 bits per heavy atom. The Morgan fingerprint density at radius 3 is 2.62 bits per heavy atom. The standard InChI is InChI=1S/C16H16N4O5S/c1-24-14-6-4-11(8-15(14)25-2)18-16(26)19-17-9-10-3-5-13(21)12(7-10)20(22)23/h3-9,21H,1-2H3,(H2,18,19,26)/b17-9+.